The Hall–Kier alpha value is -2.35. The SMILES string of the molecule is N#Cc1ccccc1C[C@@H](NC(=O)C12CC3CC(CC(C3)C1)C2)C(N)=O. The molecule has 0 spiro atoms. The Kier molecular flexibility index (Phi) is 4.22. The number of carbonyl (C=O) groups is 2. The molecule has 4 bridgehead atoms. The molecule has 0 saturated heterocycles. The van der Waals surface area contributed by atoms with E-state index in [2.05, 4.69) is 11.4 Å². The summed E-state index contributed by atoms with van der Waals surface area (Å²) in [5.41, 5.74) is 6.53. The smallest absolute Gasteiger partial charge is 0.240 e. The van der Waals surface area contributed by atoms with Gasteiger partial charge in [-0.3, -0.25) is 9.59 Å². The monoisotopic (exact) mass is 351 g/mol. The molecular formula is C21H25N3O2. The van der Waals surface area contributed by atoms with Gasteiger partial charge in [0.25, 0.3) is 0 Å². The van der Waals surface area contributed by atoms with E-state index in [-0.39, 0.29) is 17.7 Å². The van der Waals surface area contributed by atoms with Crippen molar-refractivity contribution >= 4 is 11.8 Å². The molecule has 1 aromatic carbocycles. The van der Waals surface area contributed by atoms with Crippen LogP contribution in [0.25, 0.3) is 0 Å². The lowest BCUT2D eigenvalue weighted by atomic mass is 9.49. The van der Waals surface area contributed by atoms with Crippen LogP contribution in [-0.4, -0.2) is 17.9 Å². The molecule has 1 aromatic rings. The minimum atomic E-state index is -0.773. The Morgan fingerprint density at radius 3 is 2.27 bits per heavy atom. The topological polar surface area (TPSA) is 96.0 Å². The van der Waals surface area contributed by atoms with E-state index in [1.54, 1.807) is 12.1 Å². The summed E-state index contributed by atoms with van der Waals surface area (Å²) in [6.07, 6.45) is 6.91. The second kappa shape index (κ2) is 6.42. The van der Waals surface area contributed by atoms with Gasteiger partial charge >= 0.3 is 0 Å². The summed E-state index contributed by atoms with van der Waals surface area (Å²) in [6.45, 7) is 0. The van der Waals surface area contributed by atoms with E-state index in [4.69, 9.17) is 5.73 Å². The number of nitrogens with one attached hydrogen (secondary N) is 1. The summed E-state index contributed by atoms with van der Waals surface area (Å²) in [5, 5.41) is 12.2. The van der Waals surface area contributed by atoms with E-state index in [1.807, 2.05) is 12.1 Å². The largest absolute Gasteiger partial charge is 0.368 e. The fraction of sp³-hybridized carbons (Fsp3) is 0.571. The van der Waals surface area contributed by atoms with Crippen LogP contribution in [-0.2, 0) is 16.0 Å². The predicted octanol–water partition coefficient (Wildman–Crippen LogP) is 2.29. The zero-order valence-electron chi connectivity index (χ0n) is 14.9. The maximum atomic E-state index is 13.2. The van der Waals surface area contributed by atoms with Gasteiger partial charge in [-0.25, -0.2) is 0 Å². The van der Waals surface area contributed by atoms with Crippen LogP contribution < -0.4 is 11.1 Å². The summed E-state index contributed by atoms with van der Waals surface area (Å²) < 4.78 is 0. The van der Waals surface area contributed by atoms with E-state index >= 15 is 0 Å². The standard InChI is InChI=1S/C21H25N3O2/c22-12-17-4-2-1-3-16(17)8-18(19(23)25)24-20(26)21-9-13-5-14(10-21)7-15(6-13)11-21/h1-4,13-15,18H,5-11H2,(H2,23,25)(H,24,26)/t13?,14?,15?,18-,21?/m1/s1. The van der Waals surface area contributed by atoms with Crippen LogP contribution in [0.1, 0.15) is 49.7 Å². The number of primary amides is 1. The first-order chi connectivity index (χ1) is 12.5. The average molecular weight is 351 g/mol. The molecule has 4 aliphatic carbocycles. The highest BCUT2D eigenvalue weighted by Crippen LogP contribution is 2.60. The fourth-order valence-corrected chi connectivity index (χ4v) is 5.95. The predicted molar refractivity (Wildman–Crippen MR) is 96.6 cm³/mol. The van der Waals surface area contributed by atoms with Crippen LogP contribution in [0.2, 0.25) is 0 Å². The van der Waals surface area contributed by atoms with Gasteiger partial charge in [-0.2, -0.15) is 5.26 Å². The molecule has 3 N–H and O–H groups in total. The summed E-state index contributed by atoms with van der Waals surface area (Å²) >= 11 is 0. The molecule has 0 unspecified atom stereocenters. The van der Waals surface area contributed by atoms with Crippen molar-refractivity contribution in [3.8, 4) is 6.07 Å². The van der Waals surface area contributed by atoms with Gasteiger partial charge in [0.15, 0.2) is 0 Å². The van der Waals surface area contributed by atoms with Crippen LogP contribution in [0.3, 0.4) is 0 Å². The molecule has 1 atom stereocenters. The van der Waals surface area contributed by atoms with Crippen LogP contribution >= 0.6 is 0 Å². The van der Waals surface area contributed by atoms with Crippen molar-refractivity contribution in [3.63, 3.8) is 0 Å². The molecule has 2 amide bonds. The van der Waals surface area contributed by atoms with Gasteiger partial charge in [0.1, 0.15) is 6.04 Å². The number of nitriles is 1. The van der Waals surface area contributed by atoms with Crippen LogP contribution in [0.15, 0.2) is 24.3 Å². The fourth-order valence-electron chi connectivity index (χ4n) is 5.95. The first-order valence-electron chi connectivity index (χ1n) is 9.57. The Balaban J connectivity index is 1.51. The van der Waals surface area contributed by atoms with E-state index in [1.165, 1.54) is 19.3 Å². The lowest BCUT2D eigenvalue weighted by Crippen LogP contribution is -2.57. The molecule has 0 heterocycles. The maximum absolute atomic E-state index is 13.2. The summed E-state index contributed by atoms with van der Waals surface area (Å²) in [5.74, 6) is 1.45. The normalized spacial score (nSPS) is 32.7. The third kappa shape index (κ3) is 2.98. The zero-order chi connectivity index (χ0) is 18.3. The van der Waals surface area contributed by atoms with Crippen molar-refractivity contribution in [2.75, 3.05) is 0 Å². The first kappa shape index (κ1) is 17.1. The molecule has 0 aromatic heterocycles. The Morgan fingerprint density at radius 2 is 1.73 bits per heavy atom. The maximum Gasteiger partial charge on any atom is 0.240 e. The molecule has 5 nitrogen and oxygen atoms in total. The van der Waals surface area contributed by atoms with Crippen molar-refractivity contribution in [1.82, 2.24) is 5.32 Å². The van der Waals surface area contributed by atoms with E-state index in [0.29, 0.717) is 23.3 Å². The Bertz CT molecular complexity index is 744. The number of carbonyl (C=O) groups excluding carboxylic acids is 2. The minimum Gasteiger partial charge on any atom is -0.368 e. The number of nitrogens with zero attached hydrogens (tertiary/aromatic N) is 1. The van der Waals surface area contributed by atoms with Gasteiger partial charge in [0, 0.05) is 11.8 Å². The number of amides is 2. The molecular weight excluding hydrogens is 326 g/mol. The van der Waals surface area contributed by atoms with Gasteiger partial charge in [-0.05, 0) is 67.9 Å². The number of benzene rings is 1. The highest BCUT2D eigenvalue weighted by atomic mass is 16.2. The van der Waals surface area contributed by atoms with Crippen LogP contribution in [0, 0.1) is 34.5 Å². The minimum absolute atomic E-state index is 0.00478. The Morgan fingerprint density at radius 1 is 1.15 bits per heavy atom. The highest BCUT2D eigenvalue weighted by molar-refractivity contribution is 5.90. The molecule has 5 heteroatoms. The first-order valence-corrected chi connectivity index (χ1v) is 9.57. The highest BCUT2D eigenvalue weighted by Gasteiger charge is 2.54. The lowest BCUT2D eigenvalue weighted by Gasteiger charge is -2.55. The molecule has 26 heavy (non-hydrogen) atoms. The quantitative estimate of drug-likeness (QED) is 0.852. The van der Waals surface area contributed by atoms with Crippen molar-refractivity contribution < 1.29 is 9.59 Å². The third-order valence-electron chi connectivity index (χ3n) is 6.73. The number of hydrogen-bond donors (Lipinski definition) is 2. The lowest BCUT2D eigenvalue weighted by molar-refractivity contribution is -0.148. The summed E-state index contributed by atoms with van der Waals surface area (Å²) in [4.78, 5) is 25.2. The Labute approximate surface area is 153 Å². The molecule has 4 saturated carbocycles. The molecule has 0 aliphatic heterocycles. The molecule has 0 radical (unpaired) electrons. The number of rotatable bonds is 5. The summed E-state index contributed by atoms with van der Waals surface area (Å²) in [6, 6.07) is 8.51. The second-order valence-corrected chi connectivity index (χ2v) is 8.60. The van der Waals surface area contributed by atoms with Crippen molar-refractivity contribution in [2.45, 2.75) is 51.0 Å². The molecule has 5 rings (SSSR count). The summed E-state index contributed by atoms with van der Waals surface area (Å²) in [7, 11) is 0. The number of hydrogen-bond acceptors (Lipinski definition) is 3. The van der Waals surface area contributed by atoms with Gasteiger partial charge in [-0.1, -0.05) is 18.2 Å². The second-order valence-electron chi connectivity index (χ2n) is 8.60. The number of nitrogens with two attached hydrogens (primary N) is 1. The zero-order valence-corrected chi connectivity index (χ0v) is 14.9. The molecule has 136 valence electrons. The van der Waals surface area contributed by atoms with Crippen LogP contribution in [0.5, 0.6) is 0 Å². The van der Waals surface area contributed by atoms with Crippen molar-refractivity contribution in [2.24, 2.45) is 28.9 Å². The average Bonchev–Trinajstić information content (AvgIpc) is 2.60. The molecule has 4 aliphatic rings. The van der Waals surface area contributed by atoms with Gasteiger partial charge in [0.05, 0.1) is 11.6 Å². The third-order valence-corrected chi connectivity index (χ3v) is 6.73. The molecule has 4 fully saturated rings. The van der Waals surface area contributed by atoms with E-state index in [0.717, 1.165) is 24.8 Å². The van der Waals surface area contributed by atoms with Gasteiger partial charge < -0.3 is 11.1 Å². The van der Waals surface area contributed by atoms with Crippen LogP contribution in [0.4, 0.5) is 0 Å². The van der Waals surface area contributed by atoms with E-state index < -0.39 is 11.9 Å². The van der Waals surface area contributed by atoms with Gasteiger partial charge in [0.2, 0.25) is 11.8 Å². The van der Waals surface area contributed by atoms with Crippen molar-refractivity contribution in [1.29, 1.82) is 5.26 Å². The van der Waals surface area contributed by atoms with E-state index in [9.17, 15) is 14.9 Å². The van der Waals surface area contributed by atoms with Gasteiger partial charge in [-0.15, -0.1) is 0 Å². The van der Waals surface area contributed by atoms with Crippen molar-refractivity contribution in [3.05, 3.63) is 35.4 Å².